The molecule has 2 N–H and O–H groups in total. The lowest BCUT2D eigenvalue weighted by Crippen LogP contribution is -2.33. The fraction of sp³-hybridized carbons (Fsp3) is 0.238. The first-order valence-corrected chi connectivity index (χ1v) is 9.94. The normalized spacial score (nSPS) is 10.6. The van der Waals surface area contributed by atoms with Crippen LogP contribution >= 0.6 is 11.3 Å². The van der Waals surface area contributed by atoms with Gasteiger partial charge in [0.2, 0.25) is 11.0 Å². The van der Waals surface area contributed by atoms with Crippen LogP contribution in [0, 0.1) is 0 Å². The van der Waals surface area contributed by atoms with Gasteiger partial charge in [-0.15, -0.1) is 10.2 Å². The van der Waals surface area contributed by atoms with Gasteiger partial charge in [0.15, 0.2) is 0 Å². The summed E-state index contributed by atoms with van der Waals surface area (Å²) >= 11 is 1.28. The van der Waals surface area contributed by atoms with Gasteiger partial charge in [-0.05, 0) is 23.6 Å². The number of hydrogen-bond donors (Lipinski definition) is 2. The predicted molar refractivity (Wildman–Crippen MR) is 113 cm³/mol. The molecule has 29 heavy (non-hydrogen) atoms. The Labute approximate surface area is 173 Å². The van der Waals surface area contributed by atoms with Crippen LogP contribution < -0.4 is 15.4 Å². The molecule has 2 amide bonds. The Morgan fingerprint density at radius 3 is 2.48 bits per heavy atom. The number of hydrogen-bond acceptors (Lipinski definition) is 6. The van der Waals surface area contributed by atoms with Crippen LogP contribution in [0.25, 0.3) is 10.6 Å². The van der Waals surface area contributed by atoms with Gasteiger partial charge in [0, 0.05) is 5.56 Å². The van der Waals surface area contributed by atoms with Crippen molar-refractivity contribution in [2.45, 2.75) is 19.8 Å². The van der Waals surface area contributed by atoms with Crippen LogP contribution in [0.1, 0.15) is 35.7 Å². The van der Waals surface area contributed by atoms with Gasteiger partial charge < -0.3 is 10.1 Å². The van der Waals surface area contributed by atoms with Gasteiger partial charge in [-0.3, -0.25) is 14.9 Å². The van der Waals surface area contributed by atoms with Gasteiger partial charge in [-0.25, -0.2) is 0 Å². The fourth-order valence-corrected chi connectivity index (χ4v) is 3.42. The second-order valence-electron chi connectivity index (χ2n) is 6.62. The Balaban J connectivity index is 1.57. The zero-order valence-corrected chi connectivity index (χ0v) is 17.2. The maximum absolute atomic E-state index is 12.2. The molecule has 3 rings (SSSR count). The van der Waals surface area contributed by atoms with E-state index < -0.39 is 0 Å². The van der Waals surface area contributed by atoms with Crippen LogP contribution in [0.4, 0.5) is 5.13 Å². The molecular formula is C21H22N4O3S. The zero-order valence-electron chi connectivity index (χ0n) is 16.4. The Kier molecular flexibility index (Phi) is 6.56. The van der Waals surface area contributed by atoms with Crippen LogP contribution in [0.5, 0.6) is 5.75 Å². The van der Waals surface area contributed by atoms with Crippen LogP contribution in [0.15, 0.2) is 48.5 Å². The third-order valence-electron chi connectivity index (χ3n) is 4.26. The number of rotatable bonds is 7. The molecule has 0 bridgehead atoms. The van der Waals surface area contributed by atoms with Crippen molar-refractivity contribution in [2.75, 3.05) is 19.0 Å². The average molecular weight is 410 g/mol. The number of anilines is 1. The largest absolute Gasteiger partial charge is 0.496 e. The maximum atomic E-state index is 12.2. The Morgan fingerprint density at radius 1 is 1.07 bits per heavy atom. The lowest BCUT2D eigenvalue weighted by molar-refractivity contribution is -0.115. The number of amides is 2. The molecule has 0 fully saturated rings. The minimum Gasteiger partial charge on any atom is -0.496 e. The highest BCUT2D eigenvalue weighted by molar-refractivity contribution is 7.18. The van der Waals surface area contributed by atoms with E-state index in [9.17, 15) is 9.59 Å². The SMILES string of the molecule is COc1ccccc1C(=O)NCC(=O)Nc1nnc(-c2ccc(C(C)C)cc2)s1. The molecular weight excluding hydrogens is 388 g/mol. The molecule has 0 saturated carbocycles. The molecule has 7 nitrogen and oxygen atoms in total. The van der Waals surface area contributed by atoms with Gasteiger partial charge in [0.05, 0.1) is 19.2 Å². The number of carbonyl (C=O) groups excluding carboxylic acids is 2. The molecule has 0 aliphatic heterocycles. The number of para-hydroxylation sites is 1. The monoisotopic (exact) mass is 410 g/mol. The first-order chi connectivity index (χ1) is 14.0. The lowest BCUT2D eigenvalue weighted by Gasteiger charge is -2.08. The van der Waals surface area contributed by atoms with Crippen molar-refractivity contribution in [1.82, 2.24) is 15.5 Å². The van der Waals surface area contributed by atoms with Crippen LogP contribution in [0.3, 0.4) is 0 Å². The summed E-state index contributed by atoms with van der Waals surface area (Å²) < 4.78 is 5.16. The molecule has 0 unspecified atom stereocenters. The van der Waals surface area contributed by atoms with Crippen molar-refractivity contribution >= 4 is 28.3 Å². The van der Waals surface area contributed by atoms with Gasteiger partial charge in [-0.1, -0.05) is 61.6 Å². The summed E-state index contributed by atoms with van der Waals surface area (Å²) in [4.78, 5) is 24.4. The van der Waals surface area contributed by atoms with Crippen molar-refractivity contribution in [3.8, 4) is 16.3 Å². The number of ether oxygens (including phenoxy) is 1. The number of benzene rings is 2. The molecule has 0 saturated heterocycles. The van der Waals surface area contributed by atoms with Gasteiger partial charge in [0.1, 0.15) is 10.8 Å². The molecule has 3 aromatic rings. The smallest absolute Gasteiger partial charge is 0.255 e. The highest BCUT2D eigenvalue weighted by atomic mass is 32.1. The standard InChI is InChI=1S/C21H22N4O3S/c1-13(2)14-8-10-15(11-9-14)20-24-25-21(29-20)23-18(26)12-22-19(27)16-6-4-5-7-17(16)28-3/h4-11,13H,12H2,1-3H3,(H,22,27)(H,23,25,26). The second kappa shape index (κ2) is 9.29. The molecule has 8 heteroatoms. The maximum Gasteiger partial charge on any atom is 0.255 e. The predicted octanol–water partition coefficient (Wildman–Crippen LogP) is 3.71. The Hall–Kier alpha value is -3.26. The molecule has 1 aromatic heterocycles. The van der Waals surface area contributed by atoms with Gasteiger partial charge in [-0.2, -0.15) is 0 Å². The number of aromatic nitrogens is 2. The molecule has 0 aliphatic carbocycles. The van der Waals surface area contributed by atoms with Crippen molar-refractivity contribution in [3.05, 3.63) is 59.7 Å². The summed E-state index contributed by atoms with van der Waals surface area (Å²) in [6.45, 7) is 4.09. The molecule has 0 aliphatic rings. The van der Waals surface area contributed by atoms with Crippen LogP contribution in [-0.2, 0) is 4.79 Å². The summed E-state index contributed by atoms with van der Waals surface area (Å²) in [6.07, 6.45) is 0. The van der Waals surface area contributed by atoms with E-state index in [1.165, 1.54) is 24.0 Å². The molecule has 2 aromatic carbocycles. The summed E-state index contributed by atoms with van der Waals surface area (Å²) in [5.74, 6) is 0.133. The summed E-state index contributed by atoms with van der Waals surface area (Å²) in [5.41, 5.74) is 2.56. The topological polar surface area (TPSA) is 93.2 Å². The van der Waals surface area contributed by atoms with Gasteiger partial charge in [0.25, 0.3) is 5.91 Å². The van der Waals surface area contributed by atoms with E-state index in [0.717, 1.165) is 5.56 Å². The summed E-state index contributed by atoms with van der Waals surface area (Å²) in [7, 11) is 1.49. The summed E-state index contributed by atoms with van der Waals surface area (Å²) in [6, 6.07) is 14.9. The van der Waals surface area contributed by atoms with E-state index in [4.69, 9.17) is 4.74 Å². The molecule has 0 atom stereocenters. The minimum absolute atomic E-state index is 0.186. The van der Waals surface area contributed by atoms with Crippen molar-refractivity contribution in [1.29, 1.82) is 0 Å². The second-order valence-corrected chi connectivity index (χ2v) is 7.60. The number of nitrogens with zero attached hydrogens (tertiary/aromatic N) is 2. The van der Waals surface area contributed by atoms with Crippen LogP contribution in [0.2, 0.25) is 0 Å². The van der Waals surface area contributed by atoms with Crippen LogP contribution in [-0.4, -0.2) is 35.7 Å². The zero-order chi connectivity index (χ0) is 20.8. The van der Waals surface area contributed by atoms with E-state index >= 15 is 0 Å². The minimum atomic E-state index is -0.388. The highest BCUT2D eigenvalue weighted by Gasteiger charge is 2.14. The van der Waals surface area contributed by atoms with Gasteiger partial charge >= 0.3 is 0 Å². The number of methoxy groups -OCH3 is 1. The average Bonchev–Trinajstić information content (AvgIpc) is 3.20. The molecule has 0 radical (unpaired) electrons. The number of carbonyl (C=O) groups is 2. The molecule has 0 spiro atoms. The Morgan fingerprint density at radius 2 is 1.79 bits per heavy atom. The van der Waals surface area contributed by atoms with Crippen molar-refractivity contribution in [3.63, 3.8) is 0 Å². The Bertz CT molecular complexity index is 999. The van der Waals surface area contributed by atoms with E-state index in [1.54, 1.807) is 24.3 Å². The van der Waals surface area contributed by atoms with Crippen molar-refractivity contribution in [2.24, 2.45) is 0 Å². The molecule has 1 heterocycles. The molecule has 150 valence electrons. The van der Waals surface area contributed by atoms with E-state index in [2.05, 4.69) is 46.8 Å². The third kappa shape index (κ3) is 5.17. The number of nitrogens with one attached hydrogen (secondary N) is 2. The first kappa shape index (κ1) is 20.5. The highest BCUT2D eigenvalue weighted by Crippen LogP contribution is 2.27. The van der Waals surface area contributed by atoms with E-state index in [-0.39, 0.29) is 18.4 Å². The lowest BCUT2D eigenvalue weighted by atomic mass is 10.0. The van der Waals surface area contributed by atoms with Crippen molar-refractivity contribution < 1.29 is 14.3 Å². The quantitative estimate of drug-likeness (QED) is 0.619. The first-order valence-electron chi connectivity index (χ1n) is 9.13. The fourth-order valence-electron chi connectivity index (χ4n) is 2.65. The van der Waals surface area contributed by atoms with E-state index in [1.807, 2.05) is 12.1 Å². The summed E-state index contributed by atoms with van der Waals surface area (Å²) in [5, 5.41) is 14.5. The third-order valence-corrected chi connectivity index (χ3v) is 5.14. The van der Waals surface area contributed by atoms with E-state index in [0.29, 0.717) is 27.4 Å².